The van der Waals surface area contributed by atoms with Gasteiger partial charge >= 0.3 is 6.18 Å². The van der Waals surface area contributed by atoms with Crippen molar-refractivity contribution >= 4 is 34.3 Å². The Morgan fingerprint density at radius 3 is 2.45 bits per heavy atom. The van der Waals surface area contributed by atoms with Gasteiger partial charge in [0.15, 0.2) is 5.82 Å². The van der Waals surface area contributed by atoms with Gasteiger partial charge in [-0.1, -0.05) is 11.6 Å². The number of benzene rings is 1. The molecule has 5 rings (SSSR count). The van der Waals surface area contributed by atoms with Crippen molar-refractivity contribution in [3.63, 3.8) is 0 Å². The van der Waals surface area contributed by atoms with Crippen LogP contribution < -0.4 is 9.80 Å². The fourth-order valence-electron chi connectivity index (χ4n) is 4.31. The predicted octanol–water partition coefficient (Wildman–Crippen LogP) is 4.44. The van der Waals surface area contributed by atoms with Gasteiger partial charge in [0.2, 0.25) is 5.95 Å². The molecule has 0 unspecified atom stereocenters. The third-order valence-corrected chi connectivity index (χ3v) is 6.49. The zero-order chi connectivity index (χ0) is 23.2. The number of piperidine rings is 1. The summed E-state index contributed by atoms with van der Waals surface area (Å²) in [5, 5.41) is 9.30. The van der Waals surface area contributed by atoms with Crippen LogP contribution in [0.1, 0.15) is 30.0 Å². The molecule has 0 N–H and O–H groups in total. The fourth-order valence-corrected chi connectivity index (χ4v) is 4.53. The van der Waals surface area contributed by atoms with Crippen molar-refractivity contribution in [2.45, 2.75) is 24.9 Å². The van der Waals surface area contributed by atoms with Gasteiger partial charge in [-0.25, -0.2) is 15.0 Å². The lowest BCUT2D eigenvalue weighted by Crippen LogP contribution is -2.47. The number of rotatable bonds is 3. The lowest BCUT2D eigenvalue weighted by atomic mass is 9.94. The molecule has 0 atom stereocenters. The zero-order valence-electron chi connectivity index (χ0n) is 17.4. The van der Waals surface area contributed by atoms with Gasteiger partial charge in [-0.15, -0.1) is 0 Å². The molecule has 7 nitrogen and oxygen atoms in total. The number of hydrogen-bond acceptors (Lipinski definition) is 7. The molecule has 4 heterocycles. The summed E-state index contributed by atoms with van der Waals surface area (Å²) in [6.45, 7) is 2.74. The average molecular weight is 474 g/mol. The molecule has 0 saturated carbocycles. The van der Waals surface area contributed by atoms with E-state index in [1.165, 1.54) is 6.07 Å². The minimum atomic E-state index is -4.46. The van der Waals surface area contributed by atoms with Crippen LogP contribution in [0.2, 0.25) is 5.15 Å². The SMILES string of the molecule is N#CC1CCN(c2nccnc2C2CN(c3nc(Cl)c4cc(C(F)(F)F)ccc4n3)C2)CC1. The van der Waals surface area contributed by atoms with E-state index in [-0.39, 0.29) is 22.4 Å². The highest BCUT2D eigenvalue weighted by Gasteiger charge is 2.35. The van der Waals surface area contributed by atoms with Gasteiger partial charge in [0.1, 0.15) is 5.15 Å². The third kappa shape index (κ3) is 4.13. The second-order valence-corrected chi connectivity index (χ2v) is 8.66. The third-order valence-electron chi connectivity index (χ3n) is 6.20. The van der Waals surface area contributed by atoms with Crippen LogP contribution in [-0.2, 0) is 6.18 Å². The summed E-state index contributed by atoms with van der Waals surface area (Å²) in [4.78, 5) is 21.9. The van der Waals surface area contributed by atoms with Crippen LogP contribution in [0.3, 0.4) is 0 Å². The monoisotopic (exact) mass is 473 g/mol. The molecule has 33 heavy (non-hydrogen) atoms. The lowest BCUT2D eigenvalue weighted by Gasteiger charge is -2.40. The largest absolute Gasteiger partial charge is 0.416 e. The molecular weight excluding hydrogens is 455 g/mol. The second kappa shape index (κ2) is 8.30. The number of aromatic nitrogens is 4. The van der Waals surface area contributed by atoms with E-state index in [0.29, 0.717) is 24.6 Å². The molecule has 0 amide bonds. The molecule has 0 radical (unpaired) electrons. The molecular formula is C22H19ClF3N7. The Hall–Kier alpha value is -3.19. The van der Waals surface area contributed by atoms with Gasteiger partial charge in [-0.2, -0.15) is 18.4 Å². The molecule has 11 heteroatoms. The van der Waals surface area contributed by atoms with Crippen molar-refractivity contribution < 1.29 is 13.2 Å². The fraction of sp³-hybridized carbons (Fsp3) is 0.409. The molecule has 1 aromatic carbocycles. The van der Waals surface area contributed by atoms with Gasteiger partial charge in [0.05, 0.1) is 22.8 Å². The van der Waals surface area contributed by atoms with Gasteiger partial charge in [-0.3, -0.25) is 4.98 Å². The summed E-state index contributed by atoms with van der Waals surface area (Å²) in [5.74, 6) is 1.43. The highest BCUT2D eigenvalue weighted by atomic mass is 35.5. The Bertz CT molecular complexity index is 1230. The van der Waals surface area contributed by atoms with Gasteiger partial charge in [0, 0.05) is 55.8 Å². The molecule has 0 spiro atoms. The number of nitriles is 1. The smallest absolute Gasteiger partial charge is 0.355 e. The van der Waals surface area contributed by atoms with Crippen LogP contribution in [0.5, 0.6) is 0 Å². The first-order chi connectivity index (χ1) is 15.8. The van der Waals surface area contributed by atoms with Crippen LogP contribution >= 0.6 is 11.6 Å². The first kappa shape index (κ1) is 21.6. The van der Waals surface area contributed by atoms with Crippen molar-refractivity contribution in [1.82, 2.24) is 19.9 Å². The number of hydrogen-bond donors (Lipinski definition) is 0. The van der Waals surface area contributed by atoms with Crippen LogP contribution in [0, 0.1) is 17.2 Å². The highest BCUT2D eigenvalue weighted by Crippen LogP contribution is 2.37. The average Bonchev–Trinajstić information content (AvgIpc) is 2.78. The highest BCUT2D eigenvalue weighted by molar-refractivity contribution is 6.34. The number of alkyl halides is 3. The van der Waals surface area contributed by atoms with E-state index in [1.54, 1.807) is 12.4 Å². The predicted molar refractivity (Wildman–Crippen MR) is 117 cm³/mol. The lowest BCUT2D eigenvalue weighted by molar-refractivity contribution is -0.137. The van der Waals surface area contributed by atoms with Crippen LogP contribution in [0.15, 0.2) is 30.6 Å². The Morgan fingerprint density at radius 2 is 1.76 bits per heavy atom. The van der Waals surface area contributed by atoms with E-state index in [4.69, 9.17) is 16.9 Å². The van der Waals surface area contributed by atoms with Crippen molar-refractivity contribution in [1.29, 1.82) is 5.26 Å². The van der Waals surface area contributed by atoms with E-state index in [1.807, 2.05) is 4.90 Å². The van der Waals surface area contributed by atoms with Crippen LogP contribution in [0.4, 0.5) is 24.9 Å². The summed E-state index contributed by atoms with van der Waals surface area (Å²) in [7, 11) is 0. The molecule has 3 aromatic rings. The molecule has 2 aliphatic heterocycles. The van der Waals surface area contributed by atoms with E-state index in [0.717, 1.165) is 49.6 Å². The normalized spacial score (nSPS) is 17.8. The summed E-state index contributed by atoms with van der Waals surface area (Å²) in [6.07, 6.45) is 0.503. The summed E-state index contributed by atoms with van der Waals surface area (Å²) in [5.41, 5.74) is 0.471. The number of anilines is 2. The summed E-state index contributed by atoms with van der Waals surface area (Å²) < 4.78 is 39.0. The summed E-state index contributed by atoms with van der Waals surface area (Å²) in [6, 6.07) is 5.62. The Kier molecular flexibility index (Phi) is 5.44. The van der Waals surface area contributed by atoms with Crippen LogP contribution in [0.25, 0.3) is 10.9 Å². The molecule has 0 bridgehead atoms. The maximum absolute atomic E-state index is 13.0. The van der Waals surface area contributed by atoms with E-state index in [2.05, 4.69) is 30.9 Å². The van der Waals surface area contributed by atoms with Crippen LogP contribution in [-0.4, -0.2) is 46.1 Å². The molecule has 0 aliphatic carbocycles. The van der Waals surface area contributed by atoms with Crippen molar-refractivity contribution in [3.8, 4) is 6.07 Å². The zero-order valence-corrected chi connectivity index (χ0v) is 18.2. The molecule has 2 saturated heterocycles. The van der Waals surface area contributed by atoms with Crippen molar-refractivity contribution in [3.05, 3.63) is 47.0 Å². The van der Waals surface area contributed by atoms with Gasteiger partial charge in [-0.05, 0) is 31.0 Å². The molecule has 2 aromatic heterocycles. The van der Waals surface area contributed by atoms with Crippen molar-refractivity contribution in [2.24, 2.45) is 5.92 Å². The Morgan fingerprint density at radius 1 is 1.03 bits per heavy atom. The number of nitrogens with zero attached hydrogens (tertiary/aromatic N) is 7. The quantitative estimate of drug-likeness (QED) is 0.520. The number of fused-ring (bicyclic) bond motifs is 1. The second-order valence-electron chi connectivity index (χ2n) is 8.30. The van der Waals surface area contributed by atoms with Gasteiger partial charge < -0.3 is 9.80 Å². The van der Waals surface area contributed by atoms with E-state index in [9.17, 15) is 13.2 Å². The van der Waals surface area contributed by atoms with Gasteiger partial charge in [0.25, 0.3) is 0 Å². The molecule has 2 aliphatic rings. The molecule has 2 fully saturated rings. The topological polar surface area (TPSA) is 81.8 Å². The first-order valence-corrected chi connectivity index (χ1v) is 11.0. The first-order valence-electron chi connectivity index (χ1n) is 10.6. The standard InChI is InChI=1S/C22H19ClF3N7/c23-19-16-9-15(22(24,25)26)1-2-17(16)30-21(31-19)33-11-14(12-33)18-20(29-6-5-28-18)32-7-3-13(10-27)4-8-32/h1-2,5-6,9,13-14H,3-4,7-8,11-12H2. The minimum Gasteiger partial charge on any atom is -0.355 e. The van der Waals surface area contributed by atoms with E-state index >= 15 is 0 Å². The summed E-state index contributed by atoms with van der Waals surface area (Å²) >= 11 is 6.22. The Balaban J connectivity index is 1.34. The Labute approximate surface area is 192 Å². The maximum atomic E-state index is 13.0. The maximum Gasteiger partial charge on any atom is 0.416 e. The van der Waals surface area contributed by atoms with Crippen molar-refractivity contribution in [2.75, 3.05) is 36.0 Å². The molecule has 170 valence electrons. The number of halogens is 4. The van der Waals surface area contributed by atoms with E-state index < -0.39 is 11.7 Å². The minimum absolute atomic E-state index is 0.00916.